The van der Waals surface area contributed by atoms with Crippen LogP contribution in [0.2, 0.25) is 0 Å². The van der Waals surface area contributed by atoms with Crippen LogP contribution in [0.15, 0.2) is 42.5 Å². The van der Waals surface area contributed by atoms with Gasteiger partial charge in [-0.2, -0.15) is 0 Å². The quantitative estimate of drug-likeness (QED) is 0.399. The molecule has 4 rings (SSSR count). The van der Waals surface area contributed by atoms with E-state index in [0.717, 1.165) is 5.56 Å². The average molecular weight is 395 g/mol. The van der Waals surface area contributed by atoms with Crippen LogP contribution in [0.1, 0.15) is 23.5 Å². The van der Waals surface area contributed by atoms with Gasteiger partial charge in [0.25, 0.3) is 5.69 Å². The highest BCUT2D eigenvalue weighted by molar-refractivity contribution is 5.81. The number of non-ortho nitro benzene ring substituents is 1. The van der Waals surface area contributed by atoms with E-state index in [0.29, 0.717) is 28.3 Å². The highest BCUT2D eigenvalue weighted by Gasteiger charge is 2.36. The van der Waals surface area contributed by atoms with E-state index < -0.39 is 16.8 Å². The lowest BCUT2D eigenvalue weighted by molar-refractivity contribution is -0.384. The van der Waals surface area contributed by atoms with E-state index in [2.05, 4.69) is 10.2 Å². The Bertz CT molecular complexity index is 1110. The summed E-state index contributed by atoms with van der Waals surface area (Å²) in [6.45, 7) is 0. The van der Waals surface area contributed by atoms with Crippen molar-refractivity contribution < 1.29 is 23.9 Å². The Labute approximate surface area is 165 Å². The number of H-pyrrole nitrogens is 1. The summed E-state index contributed by atoms with van der Waals surface area (Å²) in [7, 11) is 3.06. The zero-order chi connectivity index (χ0) is 20.5. The summed E-state index contributed by atoms with van der Waals surface area (Å²) in [6.07, 6.45) is 0.0674. The van der Waals surface area contributed by atoms with Gasteiger partial charge in [-0.15, -0.1) is 5.10 Å². The molecule has 1 aliphatic rings. The Morgan fingerprint density at radius 3 is 2.72 bits per heavy atom. The Morgan fingerprint density at radius 2 is 2.00 bits per heavy atom. The van der Waals surface area contributed by atoms with Crippen molar-refractivity contribution in [2.75, 3.05) is 14.2 Å². The van der Waals surface area contributed by atoms with Gasteiger partial charge in [0.05, 0.1) is 36.8 Å². The second kappa shape index (κ2) is 7.27. The van der Waals surface area contributed by atoms with Crippen molar-refractivity contribution in [1.82, 2.24) is 10.2 Å². The van der Waals surface area contributed by atoms with Crippen LogP contribution in [0.25, 0.3) is 11.3 Å². The lowest BCUT2D eigenvalue weighted by Crippen LogP contribution is -2.21. The van der Waals surface area contributed by atoms with Crippen molar-refractivity contribution in [3.63, 3.8) is 0 Å². The fourth-order valence-corrected chi connectivity index (χ4v) is 3.60. The number of ether oxygens (including phenoxy) is 3. The van der Waals surface area contributed by atoms with Gasteiger partial charge in [-0.1, -0.05) is 24.3 Å². The highest BCUT2D eigenvalue weighted by atomic mass is 16.6. The maximum absolute atomic E-state index is 12.2. The fourth-order valence-electron chi connectivity index (χ4n) is 3.60. The lowest BCUT2D eigenvalue weighted by atomic mass is 9.85. The first kappa shape index (κ1) is 18.5. The van der Waals surface area contributed by atoms with E-state index >= 15 is 0 Å². The smallest absolute Gasteiger partial charge is 0.313 e. The highest BCUT2D eigenvalue weighted by Crippen LogP contribution is 2.47. The van der Waals surface area contributed by atoms with E-state index in [4.69, 9.17) is 14.2 Å². The van der Waals surface area contributed by atoms with Crippen LogP contribution >= 0.6 is 0 Å². The molecule has 0 saturated heterocycles. The molecule has 1 unspecified atom stereocenters. The van der Waals surface area contributed by atoms with Gasteiger partial charge in [0.2, 0.25) is 5.88 Å². The van der Waals surface area contributed by atoms with E-state index in [1.165, 1.54) is 26.4 Å². The van der Waals surface area contributed by atoms with Crippen LogP contribution < -0.4 is 14.2 Å². The molecule has 29 heavy (non-hydrogen) atoms. The molecular weight excluding hydrogens is 378 g/mol. The van der Waals surface area contributed by atoms with Crippen LogP contribution in [-0.2, 0) is 4.79 Å². The minimum Gasteiger partial charge on any atom is -0.493 e. The molecule has 2 aromatic carbocycles. The summed E-state index contributed by atoms with van der Waals surface area (Å²) in [5.41, 5.74) is 2.44. The molecule has 3 aromatic rings. The topological polar surface area (TPSA) is 117 Å². The number of carbonyl (C=O) groups excluding carboxylic acids is 1. The van der Waals surface area contributed by atoms with Gasteiger partial charge >= 0.3 is 5.97 Å². The monoisotopic (exact) mass is 395 g/mol. The van der Waals surface area contributed by atoms with Crippen molar-refractivity contribution in [3.05, 3.63) is 63.7 Å². The maximum Gasteiger partial charge on any atom is 0.313 e. The number of nitrogens with zero attached hydrogens (tertiary/aromatic N) is 2. The number of hydrogen-bond acceptors (Lipinski definition) is 7. The molecule has 9 heteroatoms. The molecule has 0 bridgehead atoms. The van der Waals surface area contributed by atoms with Crippen molar-refractivity contribution >= 4 is 11.7 Å². The molecule has 0 amide bonds. The number of methoxy groups -OCH3 is 2. The number of hydrogen-bond donors (Lipinski definition) is 1. The molecule has 1 atom stereocenters. The number of fused-ring (bicyclic) bond motifs is 1. The van der Waals surface area contributed by atoms with E-state index in [1.807, 2.05) is 12.1 Å². The van der Waals surface area contributed by atoms with Crippen LogP contribution in [0, 0.1) is 10.1 Å². The maximum atomic E-state index is 12.2. The predicted octanol–water partition coefficient (Wildman–Crippen LogP) is 3.44. The summed E-state index contributed by atoms with van der Waals surface area (Å²) in [5.74, 6) is 0.337. The number of benzene rings is 2. The predicted molar refractivity (Wildman–Crippen MR) is 102 cm³/mol. The summed E-state index contributed by atoms with van der Waals surface area (Å²) in [4.78, 5) is 22.9. The number of nitrogens with one attached hydrogen (secondary N) is 1. The minimum absolute atomic E-state index is 0.0471. The summed E-state index contributed by atoms with van der Waals surface area (Å²) in [5, 5.41) is 18.2. The standard InChI is InChI=1S/C20H17N3O6/c1-27-15-8-4-7-13(19(15)28-2)14-10-16(24)29-20-17(14)18(21-22-20)11-5-3-6-12(9-11)23(25)26/h3-9,14H,10H2,1-2H3,(H,21,22). The van der Waals surface area contributed by atoms with E-state index in [-0.39, 0.29) is 18.0 Å². The number of rotatable bonds is 5. The molecule has 9 nitrogen and oxygen atoms in total. The number of aromatic nitrogens is 2. The van der Waals surface area contributed by atoms with E-state index in [9.17, 15) is 14.9 Å². The largest absolute Gasteiger partial charge is 0.493 e. The molecular formula is C20H17N3O6. The molecule has 2 heterocycles. The number of esters is 1. The number of nitro groups is 1. The molecule has 0 spiro atoms. The van der Waals surface area contributed by atoms with Gasteiger partial charge in [0.1, 0.15) is 0 Å². The van der Waals surface area contributed by atoms with Gasteiger partial charge in [-0.05, 0) is 6.07 Å². The average Bonchev–Trinajstić information content (AvgIpc) is 3.16. The zero-order valence-corrected chi connectivity index (χ0v) is 15.7. The molecule has 1 N–H and O–H groups in total. The van der Waals surface area contributed by atoms with Crippen molar-refractivity contribution in [2.45, 2.75) is 12.3 Å². The van der Waals surface area contributed by atoms with Crippen LogP contribution in [0.5, 0.6) is 17.4 Å². The van der Waals surface area contributed by atoms with Gasteiger partial charge in [0.15, 0.2) is 11.5 Å². The second-order valence-electron chi connectivity index (χ2n) is 6.44. The van der Waals surface area contributed by atoms with Crippen LogP contribution in [-0.4, -0.2) is 35.3 Å². The number of para-hydroxylation sites is 1. The summed E-state index contributed by atoms with van der Waals surface area (Å²) < 4.78 is 16.2. The normalized spacial score (nSPS) is 15.4. The first-order chi connectivity index (χ1) is 14.0. The number of carbonyl (C=O) groups is 1. The van der Waals surface area contributed by atoms with Gasteiger partial charge < -0.3 is 14.2 Å². The number of nitro benzene ring substituents is 1. The third kappa shape index (κ3) is 3.16. The fraction of sp³-hybridized carbons (Fsp3) is 0.200. The first-order valence-corrected chi connectivity index (χ1v) is 8.78. The zero-order valence-electron chi connectivity index (χ0n) is 15.7. The molecule has 0 radical (unpaired) electrons. The Morgan fingerprint density at radius 1 is 1.21 bits per heavy atom. The summed E-state index contributed by atoms with van der Waals surface area (Å²) in [6, 6.07) is 11.6. The molecule has 1 aliphatic heterocycles. The van der Waals surface area contributed by atoms with Gasteiger partial charge in [0, 0.05) is 29.2 Å². The molecule has 1 aromatic heterocycles. The lowest BCUT2D eigenvalue weighted by Gasteiger charge is -2.24. The third-order valence-corrected chi connectivity index (χ3v) is 4.85. The SMILES string of the molecule is COc1cccc(C2CC(=O)Oc3n[nH]c(-c4cccc([N+](=O)[O-])c4)c32)c1OC. The third-order valence-electron chi connectivity index (χ3n) is 4.85. The van der Waals surface area contributed by atoms with E-state index in [1.54, 1.807) is 18.2 Å². The molecule has 148 valence electrons. The van der Waals surface area contributed by atoms with Crippen LogP contribution in [0.3, 0.4) is 0 Å². The molecule has 0 fully saturated rings. The minimum atomic E-state index is -0.463. The molecule has 0 aliphatic carbocycles. The Kier molecular flexibility index (Phi) is 4.63. The first-order valence-electron chi connectivity index (χ1n) is 8.78. The van der Waals surface area contributed by atoms with Crippen molar-refractivity contribution in [1.29, 1.82) is 0 Å². The van der Waals surface area contributed by atoms with Gasteiger partial charge in [-0.25, -0.2) is 0 Å². The second-order valence-corrected chi connectivity index (χ2v) is 6.44. The number of aromatic amines is 1. The molecule has 0 saturated carbocycles. The summed E-state index contributed by atoms with van der Waals surface area (Å²) >= 11 is 0. The van der Waals surface area contributed by atoms with Crippen molar-refractivity contribution in [3.8, 4) is 28.6 Å². The van der Waals surface area contributed by atoms with Crippen molar-refractivity contribution in [2.24, 2.45) is 0 Å². The van der Waals surface area contributed by atoms with Gasteiger partial charge in [-0.3, -0.25) is 20.0 Å². The Balaban J connectivity index is 1.90. The van der Waals surface area contributed by atoms with Crippen LogP contribution in [0.4, 0.5) is 5.69 Å². The Hall–Kier alpha value is -3.88.